The van der Waals surface area contributed by atoms with Gasteiger partial charge in [-0.05, 0) is 107 Å². The lowest BCUT2D eigenvalue weighted by Crippen LogP contribution is -2.51. The third-order valence-electron chi connectivity index (χ3n) is 8.97. The molecule has 4 aliphatic heterocycles. The summed E-state index contributed by atoms with van der Waals surface area (Å²) in [7, 11) is 0. The molecule has 0 bridgehead atoms. The molecule has 2 aromatic carbocycles. The van der Waals surface area contributed by atoms with Crippen LogP contribution in [-0.2, 0) is 26.7 Å². The fraction of sp³-hybridized carbons (Fsp3) is 0.432. The molecule has 3 N–H and O–H groups in total. The topological polar surface area (TPSA) is 124 Å². The quantitative estimate of drug-likeness (QED) is 0.313. The van der Waals surface area contributed by atoms with Gasteiger partial charge in [-0.1, -0.05) is 36.4 Å². The molecule has 0 radical (unpaired) electrons. The van der Waals surface area contributed by atoms with Crippen molar-refractivity contribution >= 4 is 41.7 Å². The van der Waals surface area contributed by atoms with E-state index in [2.05, 4.69) is 25.9 Å². The Morgan fingerprint density at radius 1 is 0.717 bits per heavy atom. The van der Waals surface area contributed by atoms with Gasteiger partial charge >= 0.3 is 18.4 Å². The highest BCUT2D eigenvalue weighted by Crippen LogP contribution is 2.33. The highest BCUT2D eigenvalue weighted by atomic mass is 19.4. The Bertz CT molecular complexity index is 1830. The van der Waals surface area contributed by atoms with Crippen molar-refractivity contribution in [2.75, 3.05) is 26.2 Å². The molecular weight excluding hydrogens is 706 g/mol. The molecule has 2 saturated heterocycles. The molecule has 10 nitrogen and oxygen atoms in total. The highest BCUT2D eigenvalue weighted by Gasteiger charge is 2.47. The summed E-state index contributed by atoms with van der Waals surface area (Å²) in [5, 5.41) is 8.56. The predicted octanol–water partition coefficient (Wildman–Crippen LogP) is 6.39. The Morgan fingerprint density at radius 2 is 1.15 bits per heavy atom. The van der Waals surface area contributed by atoms with Crippen molar-refractivity contribution < 1.29 is 45.5 Å². The van der Waals surface area contributed by atoms with E-state index >= 15 is 0 Å². The van der Waals surface area contributed by atoms with Crippen LogP contribution in [0, 0.1) is 0 Å². The van der Waals surface area contributed by atoms with E-state index in [1.54, 1.807) is 37.8 Å². The van der Waals surface area contributed by atoms with E-state index < -0.39 is 46.3 Å². The molecule has 0 atom stereocenters. The average molecular weight is 747 g/mol. The molecule has 53 heavy (non-hydrogen) atoms. The van der Waals surface area contributed by atoms with Crippen LogP contribution in [-0.4, -0.2) is 77.3 Å². The molecule has 6 rings (SSSR count). The third-order valence-corrected chi connectivity index (χ3v) is 8.97. The number of amides is 3. The first-order valence-corrected chi connectivity index (χ1v) is 17.0. The number of carbonyl (C=O) groups excluding carboxylic acids is 3. The summed E-state index contributed by atoms with van der Waals surface area (Å²) in [6.45, 7) is 7.46. The number of rotatable bonds is 4. The molecule has 0 aromatic heterocycles. The van der Waals surface area contributed by atoms with Crippen molar-refractivity contribution in [3.63, 3.8) is 0 Å². The molecular formula is C37H40F6N6O4. The summed E-state index contributed by atoms with van der Waals surface area (Å²) < 4.78 is 81.9. The third kappa shape index (κ3) is 9.91. The van der Waals surface area contributed by atoms with Gasteiger partial charge in [0.1, 0.15) is 28.4 Å². The van der Waals surface area contributed by atoms with Crippen LogP contribution in [0.4, 0.5) is 31.1 Å². The lowest BCUT2D eigenvalue weighted by Gasteiger charge is -2.36. The maximum Gasteiger partial charge on any atom is 0.416 e. The van der Waals surface area contributed by atoms with Gasteiger partial charge in [0, 0.05) is 13.1 Å². The molecule has 2 spiro atoms. The van der Waals surface area contributed by atoms with E-state index in [1.165, 1.54) is 36.4 Å². The molecule has 4 aliphatic rings. The van der Waals surface area contributed by atoms with Crippen molar-refractivity contribution in [3.8, 4) is 0 Å². The van der Waals surface area contributed by atoms with Crippen molar-refractivity contribution in [1.82, 2.24) is 20.9 Å². The number of hydrogen-bond acceptors (Lipinski definition) is 7. The maximum atomic E-state index is 12.8. The smallest absolute Gasteiger partial charge is 0.416 e. The second kappa shape index (κ2) is 15.2. The Balaban J connectivity index is 0.000000211. The SMILES string of the molecule is CC(C)(C)OC(=O)N1CCC2(CC1)N=C(/C=C/c1cccc(C(F)(F)F)c1)NC2=O.O=C1NC(/C=C/c2cccc(C(F)(F)F)c2)=NC12CCNCC2. The van der Waals surface area contributed by atoms with Gasteiger partial charge in [-0.15, -0.1) is 0 Å². The number of piperidine rings is 2. The maximum absolute atomic E-state index is 12.8. The van der Waals surface area contributed by atoms with Gasteiger partial charge in [0.2, 0.25) is 0 Å². The molecule has 0 aliphatic carbocycles. The second-order valence-corrected chi connectivity index (χ2v) is 14.1. The minimum atomic E-state index is -4.42. The predicted molar refractivity (Wildman–Crippen MR) is 187 cm³/mol. The number of benzene rings is 2. The van der Waals surface area contributed by atoms with Gasteiger partial charge in [-0.2, -0.15) is 26.3 Å². The number of nitrogens with one attached hydrogen (secondary N) is 3. The molecule has 284 valence electrons. The zero-order valence-electron chi connectivity index (χ0n) is 29.3. The van der Waals surface area contributed by atoms with Gasteiger partial charge in [0.15, 0.2) is 0 Å². The van der Waals surface area contributed by atoms with Crippen molar-refractivity contribution in [2.45, 2.75) is 75.5 Å². The average Bonchev–Trinajstić information content (AvgIpc) is 3.56. The zero-order chi connectivity index (χ0) is 38.7. The normalized spacial score (nSPS) is 19.9. The summed E-state index contributed by atoms with van der Waals surface area (Å²) in [6, 6.07) is 9.91. The van der Waals surface area contributed by atoms with Gasteiger partial charge in [-0.25, -0.2) is 4.79 Å². The number of carbonyl (C=O) groups is 3. The first-order chi connectivity index (χ1) is 24.8. The summed E-state index contributed by atoms with van der Waals surface area (Å²) in [4.78, 5) is 47.3. The molecule has 4 heterocycles. The van der Waals surface area contributed by atoms with E-state index in [4.69, 9.17) is 4.74 Å². The first-order valence-electron chi connectivity index (χ1n) is 17.0. The Labute approximate surface area is 302 Å². The van der Waals surface area contributed by atoms with Crippen LogP contribution < -0.4 is 16.0 Å². The highest BCUT2D eigenvalue weighted by molar-refractivity contribution is 6.14. The zero-order valence-corrected chi connectivity index (χ0v) is 29.3. The first kappa shape index (κ1) is 39.2. The van der Waals surface area contributed by atoms with Crippen molar-refractivity contribution in [1.29, 1.82) is 0 Å². The molecule has 0 saturated carbocycles. The Hall–Kier alpha value is -4.99. The number of nitrogens with zero attached hydrogens (tertiary/aromatic N) is 3. The number of likely N-dealkylation sites (tertiary alicyclic amines) is 1. The fourth-order valence-electron chi connectivity index (χ4n) is 6.13. The molecule has 0 unspecified atom stereocenters. The monoisotopic (exact) mass is 746 g/mol. The standard InChI is InChI=1S/C21H24F3N3O3.C16H16F3N3O/c1-19(2,3)30-18(29)27-11-9-20(10-12-27)17(28)25-16(26-20)8-7-14-5-4-6-15(13-14)21(22,23)24;17-16(18,19)12-3-1-2-11(10-12)4-5-13-21-14(23)15(22-13)6-8-20-9-7-15/h4-8,13H,9-12H2,1-3H3,(H,25,26,28);1-5,10,20H,6-9H2,(H,21,22,23)/b8-7+;5-4+. The Morgan fingerprint density at radius 3 is 1.57 bits per heavy atom. The van der Waals surface area contributed by atoms with Gasteiger partial charge in [-0.3, -0.25) is 19.6 Å². The fourth-order valence-corrected chi connectivity index (χ4v) is 6.13. The van der Waals surface area contributed by atoms with Crippen LogP contribution in [0.15, 0.2) is 70.7 Å². The van der Waals surface area contributed by atoms with Crippen LogP contribution >= 0.6 is 0 Å². The molecule has 2 fully saturated rings. The largest absolute Gasteiger partial charge is 0.444 e. The summed E-state index contributed by atoms with van der Waals surface area (Å²) in [5.74, 6) is 0.287. The van der Waals surface area contributed by atoms with E-state index in [0.29, 0.717) is 61.6 Å². The molecule has 3 amide bonds. The van der Waals surface area contributed by atoms with Crippen molar-refractivity contribution in [3.05, 3.63) is 82.9 Å². The number of ether oxygens (including phenoxy) is 1. The number of aliphatic imine (C=N–C) groups is 2. The van der Waals surface area contributed by atoms with Crippen LogP contribution in [0.2, 0.25) is 0 Å². The van der Waals surface area contributed by atoms with Gasteiger partial charge in [0.05, 0.1) is 11.1 Å². The Kier molecular flexibility index (Phi) is 11.2. The van der Waals surface area contributed by atoms with Crippen LogP contribution in [0.3, 0.4) is 0 Å². The van der Waals surface area contributed by atoms with Gasteiger partial charge < -0.3 is 25.6 Å². The second-order valence-electron chi connectivity index (χ2n) is 14.1. The number of alkyl halides is 6. The van der Waals surface area contributed by atoms with Crippen LogP contribution in [0.25, 0.3) is 12.2 Å². The summed E-state index contributed by atoms with van der Waals surface area (Å²) in [5.41, 5.74) is -2.98. The summed E-state index contributed by atoms with van der Waals surface area (Å²) >= 11 is 0. The number of amidine groups is 2. The van der Waals surface area contributed by atoms with Crippen LogP contribution in [0.5, 0.6) is 0 Å². The number of halogens is 6. The van der Waals surface area contributed by atoms with Crippen molar-refractivity contribution in [2.24, 2.45) is 9.98 Å². The summed E-state index contributed by atoms with van der Waals surface area (Å²) in [6.07, 6.45) is -1.25. The lowest BCUT2D eigenvalue weighted by molar-refractivity contribution is -0.138. The van der Waals surface area contributed by atoms with Crippen LogP contribution in [0.1, 0.15) is 68.7 Å². The lowest BCUT2D eigenvalue weighted by atomic mass is 9.88. The molecule has 2 aromatic rings. The van der Waals surface area contributed by atoms with E-state index in [-0.39, 0.29) is 11.8 Å². The minimum absolute atomic E-state index is 0.136. The van der Waals surface area contributed by atoms with Gasteiger partial charge in [0.25, 0.3) is 11.8 Å². The van der Waals surface area contributed by atoms with E-state index in [9.17, 15) is 40.7 Å². The molecule has 16 heteroatoms. The van der Waals surface area contributed by atoms with E-state index in [0.717, 1.165) is 37.4 Å². The van der Waals surface area contributed by atoms with E-state index in [1.807, 2.05) is 0 Å². The number of hydrogen-bond donors (Lipinski definition) is 3. The minimum Gasteiger partial charge on any atom is -0.444 e.